The standard InChI is InChI=1S/C16H26N4O/c1-12(2)6-7-19-8-10-20(11-9-19)13(3)16-17-15(18-21-16)14-4-5-14/h6,13-14H,4-5,7-11H2,1-3H3. The second-order valence-corrected chi connectivity index (χ2v) is 6.56. The molecule has 2 heterocycles. The summed E-state index contributed by atoms with van der Waals surface area (Å²) >= 11 is 0. The minimum absolute atomic E-state index is 0.232. The maximum Gasteiger partial charge on any atom is 0.243 e. The number of rotatable bonds is 5. The lowest BCUT2D eigenvalue weighted by Gasteiger charge is -2.36. The first kappa shape index (κ1) is 14.7. The third kappa shape index (κ3) is 3.71. The van der Waals surface area contributed by atoms with E-state index in [-0.39, 0.29) is 6.04 Å². The first-order valence-electron chi connectivity index (χ1n) is 8.06. The zero-order valence-electron chi connectivity index (χ0n) is 13.4. The smallest absolute Gasteiger partial charge is 0.243 e. The summed E-state index contributed by atoms with van der Waals surface area (Å²) < 4.78 is 5.46. The monoisotopic (exact) mass is 290 g/mol. The molecule has 21 heavy (non-hydrogen) atoms. The van der Waals surface area contributed by atoms with E-state index in [0.717, 1.165) is 44.4 Å². The van der Waals surface area contributed by atoms with Crippen LogP contribution in [0.3, 0.4) is 0 Å². The van der Waals surface area contributed by atoms with Crippen molar-refractivity contribution >= 4 is 0 Å². The second-order valence-electron chi connectivity index (χ2n) is 6.56. The number of hydrogen-bond acceptors (Lipinski definition) is 5. The van der Waals surface area contributed by atoms with Gasteiger partial charge in [0.15, 0.2) is 5.82 Å². The van der Waals surface area contributed by atoms with Crippen LogP contribution < -0.4 is 0 Å². The van der Waals surface area contributed by atoms with Gasteiger partial charge in [0.1, 0.15) is 0 Å². The number of allylic oxidation sites excluding steroid dienone is 1. The molecule has 0 N–H and O–H groups in total. The predicted octanol–water partition coefficient (Wildman–Crippen LogP) is 2.59. The van der Waals surface area contributed by atoms with Gasteiger partial charge in [-0.1, -0.05) is 16.8 Å². The minimum Gasteiger partial charge on any atom is -0.338 e. The molecule has 1 aliphatic carbocycles. The number of aromatic nitrogens is 2. The molecule has 0 bridgehead atoms. The molecule has 1 saturated carbocycles. The fourth-order valence-corrected chi connectivity index (χ4v) is 2.73. The fraction of sp³-hybridized carbons (Fsp3) is 0.750. The number of piperazine rings is 1. The molecule has 2 fully saturated rings. The summed E-state index contributed by atoms with van der Waals surface area (Å²) in [5.41, 5.74) is 1.39. The largest absolute Gasteiger partial charge is 0.338 e. The Hall–Kier alpha value is -1.20. The van der Waals surface area contributed by atoms with Crippen molar-refractivity contribution in [1.82, 2.24) is 19.9 Å². The molecule has 1 unspecified atom stereocenters. The van der Waals surface area contributed by atoms with E-state index in [0.29, 0.717) is 5.92 Å². The summed E-state index contributed by atoms with van der Waals surface area (Å²) in [5, 5.41) is 4.13. The average Bonchev–Trinajstić information content (AvgIpc) is 3.22. The van der Waals surface area contributed by atoms with Crippen LogP contribution >= 0.6 is 0 Å². The molecule has 0 radical (unpaired) electrons. The van der Waals surface area contributed by atoms with E-state index in [4.69, 9.17) is 4.52 Å². The summed E-state index contributed by atoms with van der Waals surface area (Å²) in [4.78, 5) is 9.53. The van der Waals surface area contributed by atoms with Crippen LogP contribution in [0, 0.1) is 0 Å². The normalized spacial score (nSPS) is 22.2. The summed E-state index contributed by atoms with van der Waals surface area (Å²) in [7, 11) is 0. The Labute approximate surface area is 127 Å². The van der Waals surface area contributed by atoms with Crippen LogP contribution in [0.4, 0.5) is 0 Å². The lowest BCUT2D eigenvalue weighted by molar-refractivity contribution is 0.0946. The molecule has 1 saturated heterocycles. The Morgan fingerprint density at radius 2 is 2.00 bits per heavy atom. The summed E-state index contributed by atoms with van der Waals surface area (Å²) in [6.45, 7) is 11.9. The summed E-state index contributed by atoms with van der Waals surface area (Å²) in [6, 6.07) is 0.232. The maximum absolute atomic E-state index is 5.46. The van der Waals surface area contributed by atoms with Crippen molar-refractivity contribution in [3.8, 4) is 0 Å². The molecule has 1 aliphatic heterocycles. The molecule has 3 rings (SSSR count). The molecule has 0 spiro atoms. The molecule has 0 amide bonds. The van der Waals surface area contributed by atoms with Crippen LogP contribution in [-0.2, 0) is 0 Å². The third-order valence-electron chi connectivity index (χ3n) is 4.47. The molecule has 5 heteroatoms. The molecule has 2 aliphatic rings. The van der Waals surface area contributed by atoms with E-state index < -0.39 is 0 Å². The highest BCUT2D eigenvalue weighted by molar-refractivity contribution is 5.05. The van der Waals surface area contributed by atoms with Crippen molar-refractivity contribution in [3.63, 3.8) is 0 Å². The van der Waals surface area contributed by atoms with Crippen LogP contribution in [0.15, 0.2) is 16.2 Å². The van der Waals surface area contributed by atoms with E-state index >= 15 is 0 Å². The van der Waals surface area contributed by atoms with Crippen molar-refractivity contribution in [1.29, 1.82) is 0 Å². The van der Waals surface area contributed by atoms with Crippen LogP contribution in [-0.4, -0.2) is 52.7 Å². The second kappa shape index (κ2) is 6.28. The first-order chi connectivity index (χ1) is 10.1. The van der Waals surface area contributed by atoms with Crippen LogP contribution in [0.5, 0.6) is 0 Å². The summed E-state index contributed by atoms with van der Waals surface area (Å²) in [6.07, 6.45) is 4.74. The Kier molecular flexibility index (Phi) is 4.40. The van der Waals surface area contributed by atoms with Gasteiger partial charge in [-0.25, -0.2) is 0 Å². The molecule has 5 nitrogen and oxygen atoms in total. The van der Waals surface area contributed by atoms with Crippen molar-refractivity contribution in [2.75, 3.05) is 32.7 Å². The van der Waals surface area contributed by atoms with Crippen molar-refractivity contribution < 1.29 is 4.52 Å². The molecular weight excluding hydrogens is 264 g/mol. The van der Waals surface area contributed by atoms with Gasteiger partial charge in [0.2, 0.25) is 5.89 Å². The van der Waals surface area contributed by atoms with E-state index in [1.807, 2.05) is 0 Å². The Morgan fingerprint density at radius 1 is 1.29 bits per heavy atom. The van der Waals surface area contributed by atoms with Gasteiger partial charge in [0.25, 0.3) is 0 Å². The van der Waals surface area contributed by atoms with Gasteiger partial charge < -0.3 is 4.52 Å². The zero-order chi connectivity index (χ0) is 14.8. The van der Waals surface area contributed by atoms with Gasteiger partial charge in [-0.2, -0.15) is 4.98 Å². The third-order valence-corrected chi connectivity index (χ3v) is 4.47. The average molecular weight is 290 g/mol. The van der Waals surface area contributed by atoms with Crippen LogP contribution in [0.25, 0.3) is 0 Å². The van der Waals surface area contributed by atoms with Crippen LogP contribution in [0.2, 0.25) is 0 Å². The van der Waals surface area contributed by atoms with Crippen LogP contribution in [0.1, 0.15) is 57.3 Å². The summed E-state index contributed by atoms with van der Waals surface area (Å²) in [5.74, 6) is 2.27. The predicted molar refractivity (Wildman–Crippen MR) is 82.1 cm³/mol. The molecule has 116 valence electrons. The van der Waals surface area contributed by atoms with Gasteiger partial charge in [-0.05, 0) is 33.6 Å². The fourth-order valence-electron chi connectivity index (χ4n) is 2.73. The topological polar surface area (TPSA) is 45.4 Å². The highest BCUT2D eigenvalue weighted by Crippen LogP contribution is 2.38. The lowest BCUT2D eigenvalue weighted by atomic mass is 10.2. The molecular formula is C16H26N4O. The Bertz CT molecular complexity index is 494. The van der Waals surface area contributed by atoms with E-state index in [9.17, 15) is 0 Å². The molecule has 1 atom stereocenters. The number of hydrogen-bond donors (Lipinski definition) is 0. The van der Waals surface area contributed by atoms with Crippen molar-refractivity contribution in [2.24, 2.45) is 0 Å². The first-order valence-corrected chi connectivity index (χ1v) is 8.06. The Balaban J connectivity index is 1.52. The van der Waals surface area contributed by atoms with Gasteiger partial charge in [0.05, 0.1) is 6.04 Å². The van der Waals surface area contributed by atoms with Crippen molar-refractivity contribution in [3.05, 3.63) is 23.4 Å². The molecule has 0 aromatic carbocycles. The highest BCUT2D eigenvalue weighted by atomic mass is 16.5. The molecule has 1 aromatic heterocycles. The SMILES string of the molecule is CC(C)=CCN1CCN(C(C)c2nc(C3CC3)no2)CC1. The molecule has 1 aromatic rings. The van der Waals surface area contributed by atoms with E-state index in [1.165, 1.54) is 18.4 Å². The highest BCUT2D eigenvalue weighted by Gasteiger charge is 2.31. The Morgan fingerprint density at radius 3 is 2.62 bits per heavy atom. The minimum atomic E-state index is 0.232. The van der Waals surface area contributed by atoms with Gasteiger partial charge in [0, 0.05) is 38.6 Å². The van der Waals surface area contributed by atoms with Gasteiger partial charge >= 0.3 is 0 Å². The van der Waals surface area contributed by atoms with Crippen molar-refractivity contribution in [2.45, 2.75) is 45.6 Å². The maximum atomic E-state index is 5.46. The van der Waals surface area contributed by atoms with Gasteiger partial charge in [-0.3, -0.25) is 9.80 Å². The quantitative estimate of drug-likeness (QED) is 0.780. The van der Waals surface area contributed by atoms with E-state index in [1.54, 1.807) is 0 Å². The number of nitrogens with zero attached hydrogens (tertiary/aromatic N) is 4. The van der Waals surface area contributed by atoms with E-state index in [2.05, 4.69) is 46.8 Å². The lowest BCUT2D eigenvalue weighted by Crippen LogP contribution is -2.47. The zero-order valence-corrected chi connectivity index (χ0v) is 13.4. The van der Waals surface area contributed by atoms with Gasteiger partial charge in [-0.15, -0.1) is 0 Å².